The summed E-state index contributed by atoms with van der Waals surface area (Å²) in [6.45, 7) is 1.34. The highest BCUT2D eigenvalue weighted by Crippen LogP contribution is 2.31. The monoisotopic (exact) mass is 530 g/mol. The van der Waals surface area contributed by atoms with Crippen LogP contribution in [-0.2, 0) is 25.7 Å². The van der Waals surface area contributed by atoms with Gasteiger partial charge in [0.15, 0.2) is 5.54 Å². The van der Waals surface area contributed by atoms with Crippen molar-refractivity contribution >= 4 is 31.1 Å². The lowest BCUT2D eigenvalue weighted by atomic mass is 9.95. The number of carbonyl (C=O) groups excluding carboxylic acids is 3. The van der Waals surface area contributed by atoms with Crippen LogP contribution in [-0.4, -0.2) is 52.5 Å². The average molecular weight is 530 g/mol. The molecule has 2 heterocycles. The van der Waals surface area contributed by atoms with E-state index >= 15 is 0 Å². The summed E-state index contributed by atoms with van der Waals surface area (Å²) in [5.74, 6) is -1.60. The van der Waals surface area contributed by atoms with Gasteiger partial charge in [0, 0.05) is 18.4 Å². The lowest BCUT2D eigenvalue weighted by molar-refractivity contribution is -0.344. The van der Waals surface area contributed by atoms with Crippen molar-refractivity contribution in [3.63, 3.8) is 0 Å². The summed E-state index contributed by atoms with van der Waals surface area (Å²) < 4.78 is 35.2. The van der Waals surface area contributed by atoms with Crippen LogP contribution in [0.3, 0.4) is 0 Å². The number of rotatable bonds is 8. The van der Waals surface area contributed by atoms with Crippen LogP contribution in [0, 0.1) is 43.3 Å². The molecule has 1 aromatic carbocycles. The maximum absolute atomic E-state index is 13.6. The molecular formula is C23H20FN4O8P-2. The number of halogens is 1. The first-order chi connectivity index (χ1) is 17.3. The molecule has 14 heteroatoms. The Labute approximate surface area is 210 Å². The third-order valence-corrected chi connectivity index (χ3v) is 6.40. The Morgan fingerprint density at radius 1 is 1.35 bits per heavy atom. The first-order valence-electron chi connectivity index (χ1n) is 10.5. The van der Waals surface area contributed by atoms with E-state index < -0.39 is 43.5 Å². The zero-order valence-electron chi connectivity index (χ0n) is 19.9. The number of carbonyl (C=O) groups is 3. The van der Waals surface area contributed by atoms with Gasteiger partial charge in [0.1, 0.15) is 24.3 Å². The fraction of sp³-hybridized carbons (Fsp3) is 0.304. The van der Waals surface area contributed by atoms with Crippen LogP contribution in [0.4, 0.5) is 10.1 Å². The van der Waals surface area contributed by atoms with Crippen LogP contribution < -0.4 is 15.1 Å². The highest BCUT2D eigenvalue weighted by Gasteiger charge is 2.47. The van der Waals surface area contributed by atoms with Crippen molar-refractivity contribution in [1.82, 2.24) is 9.47 Å². The summed E-state index contributed by atoms with van der Waals surface area (Å²) >= 11 is 0. The molecule has 194 valence electrons. The zero-order chi connectivity index (χ0) is 27.7. The highest BCUT2D eigenvalue weighted by molar-refractivity contribution is 7.43. The van der Waals surface area contributed by atoms with Gasteiger partial charge in [0.25, 0.3) is 17.6 Å². The van der Waals surface area contributed by atoms with Gasteiger partial charge in [-0.15, -0.1) is 6.42 Å². The summed E-state index contributed by atoms with van der Waals surface area (Å²) in [6, 6.07) is 5.05. The summed E-state index contributed by atoms with van der Waals surface area (Å²) in [5, 5.41) is 11.5. The molecule has 1 aliphatic rings. The van der Waals surface area contributed by atoms with Crippen LogP contribution in [0.25, 0.3) is 0 Å². The van der Waals surface area contributed by atoms with Gasteiger partial charge in [-0.2, -0.15) is 5.26 Å². The predicted molar refractivity (Wildman–Crippen MR) is 121 cm³/mol. The number of nitrogens with zero attached hydrogens (tertiary/aromatic N) is 3. The van der Waals surface area contributed by atoms with Gasteiger partial charge in [-0.3, -0.25) is 19.3 Å². The molecule has 37 heavy (non-hydrogen) atoms. The lowest BCUT2D eigenvalue weighted by Gasteiger charge is -2.46. The standard InChI is InChI=1S/C23H22FN4O8P/c1-5-23(10-35-11-23)28(12-36-37(32,33)34)22(31)20(29)18-13(2)19(27(4)14(18)3)21(30)26-16-6-7-17(24)15(8-16)9-25/h1,6-8H,10-12H2,2-4H3,(H,26,30)(H2,32,33,34)/p-2. The van der Waals surface area contributed by atoms with Gasteiger partial charge in [-0.05, 0) is 37.6 Å². The minimum absolute atomic E-state index is 0.0125. The fourth-order valence-corrected chi connectivity index (χ4v) is 4.12. The number of phosphoric ester groups is 1. The summed E-state index contributed by atoms with van der Waals surface area (Å²) in [7, 11) is -4.05. The number of hydrogen-bond acceptors (Lipinski definition) is 9. The van der Waals surface area contributed by atoms with Crippen LogP contribution in [0.1, 0.15) is 37.7 Å². The van der Waals surface area contributed by atoms with Crippen LogP contribution in [0.2, 0.25) is 0 Å². The van der Waals surface area contributed by atoms with E-state index in [4.69, 9.17) is 16.4 Å². The van der Waals surface area contributed by atoms with Crippen molar-refractivity contribution in [2.24, 2.45) is 7.05 Å². The maximum Gasteiger partial charge on any atom is 0.298 e. The van der Waals surface area contributed by atoms with Crippen molar-refractivity contribution in [2.75, 3.05) is 25.3 Å². The highest BCUT2D eigenvalue weighted by atomic mass is 31.2. The predicted octanol–water partition coefficient (Wildman–Crippen LogP) is 0.121. The minimum Gasteiger partial charge on any atom is -0.790 e. The molecule has 2 amide bonds. The Bertz CT molecular complexity index is 1430. The third-order valence-electron chi connectivity index (χ3n) is 5.97. The van der Waals surface area contributed by atoms with E-state index in [1.807, 2.05) is 0 Å². The van der Waals surface area contributed by atoms with Gasteiger partial charge >= 0.3 is 0 Å². The molecule has 1 saturated heterocycles. The summed E-state index contributed by atoms with van der Waals surface area (Å²) in [4.78, 5) is 62.2. The van der Waals surface area contributed by atoms with E-state index in [0.29, 0.717) is 4.90 Å². The minimum atomic E-state index is -5.52. The van der Waals surface area contributed by atoms with Crippen molar-refractivity contribution in [1.29, 1.82) is 5.26 Å². The van der Waals surface area contributed by atoms with E-state index in [0.717, 1.165) is 12.1 Å². The van der Waals surface area contributed by atoms with E-state index in [1.54, 1.807) is 6.07 Å². The Kier molecular flexibility index (Phi) is 7.70. The molecule has 0 aliphatic carbocycles. The smallest absolute Gasteiger partial charge is 0.298 e. The molecule has 0 saturated carbocycles. The number of amides is 2. The quantitative estimate of drug-likeness (QED) is 0.163. The average Bonchev–Trinajstić information content (AvgIpc) is 3.03. The zero-order valence-corrected chi connectivity index (χ0v) is 20.8. The number of Topliss-reactive ketones (excluding diaryl/α,β-unsaturated/α-hetero) is 1. The number of ether oxygens (including phenoxy) is 1. The van der Waals surface area contributed by atoms with Crippen LogP contribution >= 0.6 is 7.82 Å². The number of hydrogen-bond donors (Lipinski definition) is 1. The van der Waals surface area contributed by atoms with E-state index in [2.05, 4.69) is 15.8 Å². The molecule has 1 N–H and O–H groups in total. The topological polar surface area (TPSA) is 177 Å². The number of aromatic nitrogens is 1. The molecule has 1 fully saturated rings. The second-order valence-corrected chi connectivity index (χ2v) is 9.34. The first kappa shape index (κ1) is 27.7. The number of ketones is 1. The number of nitrogens with one attached hydrogen (secondary N) is 1. The molecule has 0 spiro atoms. The van der Waals surface area contributed by atoms with E-state index in [9.17, 15) is 33.1 Å². The molecular weight excluding hydrogens is 510 g/mol. The van der Waals surface area contributed by atoms with Crippen LogP contribution in [0.5, 0.6) is 0 Å². The van der Waals surface area contributed by atoms with Gasteiger partial charge in [-0.25, -0.2) is 4.39 Å². The maximum atomic E-state index is 13.6. The van der Waals surface area contributed by atoms with E-state index in [-0.39, 0.29) is 47.0 Å². The number of benzene rings is 1. The number of terminal acetylenes is 1. The second-order valence-electron chi connectivity index (χ2n) is 8.19. The van der Waals surface area contributed by atoms with Crippen LogP contribution in [0.15, 0.2) is 18.2 Å². The Morgan fingerprint density at radius 2 is 2.00 bits per heavy atom. The fourth-order valence-electron chi connectivity index (χ4n) is 3.86. The largest absolute Gasteiger partial charge is 0.790 e. The molecule has 0 unspecified atom stereocenters. The second kappa shape index (κ2) is 10.3. The third kappa shape index (κ3) is 5.32. The van der Waals surface area contributed by atoms with Crippen molar-refractivity contribution in [2.45, 2.75) is 19.4 Å². The molecule has 0 atom stereocenters. The molecule has 3 rings (SSSR count). The molecule has 1 aromatic heterocycles. The number of nitriles is 1. The normalized spacial score (nSPS) is 14.2. The van der Waals surface area contributed by atoms with Gasteiger partial charge < -0.3 is 33.5 Å². The van der Waals surface area contributed by atoms with Crippen molar-refractivity contribution < 1.29 is 42.4 Å². The molecule has 0 bridgehead atoms. The first-order valence-corrected chi connectivity index (χ1v) is 12.0. The van der Waals surface area contributed by atoms with Gasteiger partial charge in [0.2, 0.25) is 0 Å². The molecule has 0 radical (unpaired) electrons. The molecule has 1 aliphatic heterocycles. The Balaban J connectivity index is 1.96. The van der Waals surface area contributed by atoms with Gasteiger partial charge in [0.05, 0.1) is 32.2 Å². The van der Waals surface area contributed by atoms with Crippen molar-refractivity contribution in [3.05, 3.63) is 52.1 Å². The molecule has 12 nitrogen and oxygen atoms in total. The Morgan fingerprint density at radius 3 is 2.51 bits per heavy atom. The summed E-state index contributed by atoms with van der Waals surface area (Å²) in [5.41, 5.74) is -1.52. The SMILES string of the molecule is C#CC1(N(COP(=O)([O-])[O-])C(=O)C(=O)c2c(C)c(C(=O)Nc3ccc(F)c(C#N)c3)n(C)c2C)COC1. The number of phosphoric acid groups is 1. The lowest BCUT2D eigenvalue weighted by Crippen LogP contribution is -2.64. The summed E-state index contributed by atoms with van der Waals surface area (Å²) in [6.07, 6.45) is 5.50. The Hall–Kier alpha value is -3.84. The van der Waals surface area contributed by atoms with Gasteiger partial charge in [-0.1, -0.05) is 5.92 Å². The number of anilines is 1. The van der Waals surface area contributed by atoms with Crippen molar-refractivity contribution in [3.8, 4) is 18.4 Å². The molecule has 2 aromatic rings. The van der Waals surface area contributed by atoms with E-state index in [1.165, 1.54) is 31.5 Å².